The lowest BCUT2D eigenvalue weighted by molar-refractivity contribution is 0.0224. The molecular weight excluding hydrogens is 318 g/mol. The van der Waals surface area contributed by atoms with Gasteiger partial charge in [0.25, 0.3) is 0 Å². The van der Waals surface area contributed by atoms with Crippen LogP contribution in [0.2, 0.25) is 0 Å². The number of halogens is 1. The van der Waals surface area contributed by atoms with E-state index in [1.54, 1.807) is 7.11 Å². The van der Waals surface area contributed by atoms with Gasteiger partial charge in [-0.05, 0) is 49.4 Å². The highest BCUT2D eigenvalue weighted by Crippen LogP contribution is 2.25. The zero-order valence-corrected chi connectivity index (χ0v) is 13.9. The number of nitrogens with one attached hydrogen (secondary N) is 1. The second-order valence-corrected chi connectivity index (χ2v) is 6.89. The van der Waals surface area contributed by atoms with Gasteiger partial charge in [0, 0.05) is 37.2 Å². The lowest BCUT2D eigenvalue weighted by Gasteiger charge is -2.30. The van der Waals surface area contributed by atoms with Crippen molar-refractivity contribution in [1.29, 1.82) is 0 Å². The van der Waals surface area contributed by atoms with Gasteiger partial charge in [-0.3, -0.25) is 0 Å². The van der Waals surface area contributed by atoms with Gasteiger partial charge in [-0.25, -0.2) is 0 Å². The molecule has 112 valence electrons. The Labute approximate surface area is 129 Å². The number of fused-ring (bicyclic) bond motifs is 1. The van der Waals surface area contributed by atoms with Gasteiger partial charge in [0.05, 0.1) is 5.60 Å². The first-order valence-corrected chi connectivity index (χ1v) is 8.01. The molecule has 0 aliphatic heterocycles. The summed E-state index contributed by atoms with van der Waals surface area (Å²) >= 11 is 3.53. The number of rotatable bonds is 6. The van der Waals surface area contributed by atoms with Crippen molar-refractivity contribution in [3.05, 3.63) is 33.8 Å². The molecule has 1 aromatic rings. The van der Waals surface area contributed by atoms with Crippen LogP contribution in [0.5, 0.6) is 0 Å². The highest BCUT2D eigenvalue weighted by Gasteiger charge is 2.24. The van der Waals surface area contributed by atoms with E-state index in [1.165, 1.54) is 11.1 Å². The Hall–Kier alpha value is -0.420. The topological polar surface area (TPSA) is 41.5 Å². The maximum Gasteiger partial charge on any atom is 0.0765 e. The molecule has 2 unspecified atom stereocenters. The first kappa shape index (κ1) is 16.0. The molecular formula is C16H24BrNO2. The van der Waals surface area contributed by atoms with Crippen molar-refractivity contribution in [3.8, 4) is 0 Å². The van der Waals surface area contributed by atoms with Crippen LogP contribution < -0.4 is 5.32 Å². The lowest BCUT2D eigenvalue weighted by Crippen LogP contribution is -2.45. The van der Waals surface area contributed by atoms with Gasteiger partial charge >= 0.3 is 0 Å². The van der Waals surface area contributed by atoms with Crippen LogP contribution >= 0.6 is 15.9 Å². The molecule has 2 rings (SSSR count). The van der Waals surface area contributed by atoms with Gasteiger partial charge in [0.15, 0.2) is 0 Å². The quantitative estimate of drug-likeness (QED) is 0.835. The predicted octanol–water partition coefficient (Wildman–Crippen LogP) is 2.68. The van der Waals surface area contributed by atoms with Gasteiger partial charge in [0.1, 0.15) is 0 Å². The van der Waals surface area contributed by atoms with Crippen LogP contribution in [0.15, 0.2) is 22.7 Å². The number of benzene rings is 1. The monoisotopic (exact) mass is 341 g/mol. The average molecular weight is 342 g/mol. The summed E-state index contributed by atoms with van der Waals surface area (Å²) in [5.41, 5.74) is 2.17. The van der Waals surface area contributed by atoms with Gasteiger partial charge in [-0.1, -0.05) is 22.0 Å². The average Bonchev–Trinajstić information content (AvgIpc) is 2.43. The van der Waals surface area contributed by atoms with Gasteiger partial charge < -0.3 is 15.2 Å². The Balaban J connectivity index is 1.86. The number of aryl methyl sites for hydroxylation is 1. The lowest BCUT2D eigenvalue weighted by atomic mass is 9.88. The van der Waals surface area contributed by atoms with Crippen molar-refractivity contribution in [2.75, 3.05) is 20.3 Å². The summed E-state index contributed by atoms with van der Waals surface area (Å²) in [6, 6.07) is 6.99. The second-order valence-electron chi connectivity index (χ2n) is 5.97. The molecule has 1 aromatic carbocycles. The van der Waals surface area contributed by atoms with E-state index in [1.807, 2.05) is 6.92 Å². The fourth-order valence-electron chi connectivity index (χ4n) is 2.67. The molecule has 1 aliphatic rings. The van der Waals surface area contributed by atoms with E-state index in [9.17, 15) is 5.11 Å². The molecule has 0 fully saturated rings. The molecule has 0 aromatic heterocycles. The Bertz CT molecular complexity index is 448. The zero-order chi connectivity index (χ0) is 14.6. The third-order valence-corrected chi connectivity index (χ3v) is 4.51. The number of ether oxygens (including phenoxy) is 1. The number of aliphatic hydroxyl groups is 1. The molecule has 0 saturated heterocycles. The SMILES string of the molecule is COCCC(C)(O)CNC1CCc2cc(Br)ccc2C1. The van der Waals surface area contributed by atoms with Gasteiger partial charge in [0.2, 0.25) is 0 Å². The molecule has 3 nitrogen and oxygen atoms in total. The standard InChI is InChI=1S/C16H24BrNO2/c1-16(19,7-8-20-2)11-18-15-6-4-12-9-14(17)5-3-13(12)10-15/h3,5,9,15,18-19H,4,6-8,10-11H2,1-2H3. The summed E-state index contributed by atoms with van der Waals surface area (Å²) in [6.45, 7) is 3.08. The third-order valence-electron chi connectivity index (χ3n) is 4.01. The number of hydrogen-bond acceptors (Lipinski definition) is 3. The van der Waals surface area contributed by atoms with Crippen molar-refractivity contribution in [3.63, 3.8) is 0 Å². The van der Waals surface area contributed by atoms with Crippen molar-refractivity contribution in [2.24, 2.45) is 0 Å². The molecule has 2 N–H and O–H groups in total. The highest BCUT2D eigenvalue weighted by atomic mass is 79.9. The molecule has 2 atom stereocenters. The molecule has 1 aliphatic carbocycles. The predicted molar refractivity (Wildman–Crippen MR) is 85.1 cm³/mol. The van der Waals surface area contributed by atoms with E-state index in [4.69, 9.17) is 4.74 Å². The maximum atomic E-state index is 10.3. The second kappa shape index (κ2) is 7.03. The number of hydrogen-bond donors (Lipinski definition) is 2. The third kappa shape index (κ3) is 4.55. The van der Waals surface area contributed by atoms with Crippen LogP contribution in [-0.4, -0.2) is 37.0 Å². The Morgan fingerprint density at radius 1 is 1.45 bits per heavy atom. The summed E-state index contributed by atoms with van der Waals surface area (Å²) in [6.07, 6.45) is 3.94. The number of methoxy groups -OCH3 is 1. The molecule has 0 amide bonds. The largest absolute Gasteiger partial charge is 0.389 e. The van der Waals surface area contributed by atoms with E-state index in [0.717, 1.165) is 23.7 Å². The molecule has 0 spiro atoms. The van der Waals surface area contributed by atoms with Crippen LogP contribution in [0.4, 0.5) is 0 Å². The van der Waals surface area contributed by atoms with Crippen LogP contribution in [0, 0.1) is 0 Å². The van der Waals surface area contributed by atoms with E-state index in [2.05, 4.69) is 39.4 Å². The Kier molecular flexibility index (Phi) is 5.61. The molecule has 0 bridgehead atoms. The molecule has 4 heteroatoms. The van der Waals surface area contributed by atoms with E-state index in [0.29, 0.717) is 25.6 Å². The minimum absolute atomic E-state index is 0.456. The minimum Gasteiger partial charge on any atom is -0.389 e. The smallest absolute Gasteiger partial charge is 0.0765 e. The van der Waals surface area contributed by atoms with Crippen molar-refractivity contribution in [1.82, 2.24) is 5.32 Å². The van der Waals surface area contributed by atoms with E-state index in [-0.39, 0.29) is 0 Å². The minimum atomic E-state index is -0.698. The molecule has 0 radical (unpaired) electrons. The first-order chi connectivity index (χ1) is 9.50. The fraction of sp³-hybridized carbons (Fsp3) is 0.625. The van der Waals surface area contributed by atoms with E-state index >= 15 is 0 Å². The Morgan fingerprint density at radius 2 is 2.25 bits per heavy atom. The normalized spacial score (nSPS) is 21.3. The van der Waals surface area contributed by atoms with E-state index < -0.39 is 5.60 Å². The zero-order valence-electron chi connectivity index (χ0n) is 12.3. The summed E-state index contributed by atoms with van der Waals surface area (Å²) in [5.74, 6) is 0. The summed E-state index contributed by atoms with van der Waals surface area (Å²) in [5, 5.41) is 13.8. The first-order valence-electron chi connectivity index (χ1n) is 7.22. The highest BCUT2D eigenvalue weighted by molar-refractivity contribution is 9.10. The summed E-state index contributed by atoms with van der Waals surface area (Å²) in [7, 11) is 1.67. The summed E-state index contributed by atoms with van der Waals surface area (Å²) in [4.78, 5) is 0. The summed E-state index contributed by atoms with van der Waals surface area (Å²) < 4.78 is 6.19. The maximum absolute atomic E-state index is 10.3. The fourth-order valence-corrected chi connectivity index (χ4v) is 3.08. The molecule has 0 saturated carbocycles. The van der Waals surface area contributed by atoms with Crippen molar-refractivity contribution in [2.45, 2.75) is 44.2 Å². The molecule has 0 heterocycles. The van der Waals surface area contributed by atoms with Crippen LogP contribution in [0.25, 0.3) is 0 Å². The van der Waals surface area contributed by atoms with Gasteiger partial charge in [-0.2, -0.15) is 0 Å². The van der Waals surface area contributed by atoms with Crippen molar-refractivity contribution >= 4 is 15.9 Å². The van der Waals surface area contributed by atoms with Crippen LogP contribution in [-0.2, 0) is 17.6 Å². The molecule has 20 heavy (non-hydrogen) atoms. The van der Waals surface area contributed by atoms with Crippen LogP contribution in [0.1, 0.15) is 30.9 Å². The Morgan fingerprint density at radius 3 is 3.00 bits per heavy atom. The van der Waals surface area contributed by atoms with Crippen LogP contribution in [0.3, 0.4) is 0 Å². The van der Waals surface area contributed by atoms with Gasteiger partial charge in [-0.15, -0.1) is 0 Å². The van der Waals surface area contributed by atoms with Crippen molar-refractivity contribution < 1.29 is 9.84 Å².